The molecule has 1 aliphatic carbocycles. The van der Waals surface area contributed by atoms with Crippen LogP contribution in [-0.4, -0.2) is 17.9 Å². The van der Waals surface area contributed by atoms with Gasteiger partial charge in [-0.15, -0.1) is 0 Å². The fourth-order valence-corrected chi connectivity index (χ4v) is 3.62. The minimum absolute atomic E-state index is 0.127. The van der Waals surface area contributed by atoms with E-state index in [1.165, 1.54) is 0 Å². The number of carbonyl (C=O) groups excluding carboxylic acids is 2. The second-order valence-corrected chi connectivity index (χ2v) is 7.13. The summed E-state index contributed by atoms with van der Waals surface area (Å²) in [4.78, 5) is 25.5. The number of allylic oxidation sites excluding steroid dienone is 3. The minimum Gasteiger partial charge on any atom is -0.460 e. The molecule has 25 heavy (non-hydrogen) atoms. The van der Waals surface area contributed by atoms with Crippen LogP contribution in [0.25, 0.3) is 0 Å². The van der Waals surface area contributed by atoms with Crippen molar-refractivity contribution in [1.29, 1.82) is 0 Å². The van der Waals surface area contributed by atoms with Crippen molar-refractivity contribution in [3.63, 3.8) is 0 Å². The zero-order chi connectivity index (χ0) is 18.1. The van der Waals surface area contributed by atoms with Gasteiger partial charge in [0.1, 0.15) is 0 Å². The predicted octanol–water partition coefficient (Wildman–Crippen LogP) is 3.91. The van der Waals surface area contributed by atoms with Crippen LogP contribution in [0.15, 0.2) is 46.8 Å². The van der Waals surface area contributed by atoms with Gasteiger partial charge in [-0.05, 0) is 46.1 Å². The van der Waals surface area contributed by atoms with E-state index < -0.39 is 0 Å². The lowest BCUT2D eigenvalue weighted by Gasteiger charge is -2.34. The first-order valence-electron chi connectivity index (χ1n) is 8.90. The van der Waals surface area contributed by atoms with Crippen molar-refractivity contribution < 1.29 is 14.3 Å². The molecule has 0 aromatic heterocycles. The number of rotatable bonds is 3. The van der Waals surface area contributed by atoms with Crippen molar-refractivity contribution in [1.82, 2.24) is 5.32 Å². The Bertz CT molecular complexity index is 769. The van der Waals surface area contributed by atoms with Gasteiger partial charge in [-0.25, -0.2) is 4.79 Å². The molecule has 1 unspecified atom stereocenters. The van der Waals surface area contributed by atoms with Gasteiger partial charge in [0.2, 0.25) is 0 Å². The molecule has 1 atom stereocenters. The second kappa shape index (κ2) is 6.87. The number of ether oxygens (including phenoxy) is 1. The van der Waals surface area contributed by atoms with E-state index in [-0.39, 0.29) is 23.8 Å². The van der Waals surface area contributed by atoms with Gasteiger partial charge in [-0.2, -0.15) is 0 Å². The summed E-state index contributed by atoms with van der Waals surface area (Å²) in [6, 6.07) is 8.05. The van der Waals surface area contributed by atoms with E-state index in [2.05, 4.69) is 5.32 Å². The maximum absolute atomic E-state index is 12.8. The van der Waals surface area contributed by atoms with Crippen molar-refractivity contribution in [2.75, 3.05) is 0 Å². The number of hydrogen-bond acceptors (Lipinski definition) is 4. The van der Waals surface area contributed by atoms with Crippen LogP contribution in [0.4, 0.5) is 0 Å². The van der Waals surface area contributed by atoms with Crippen molar-refractivity contribution >= 4 is 11.8 Å². The van der Waals surface area contributed by atoms with Gasteiger partial charge in [-0.3, -0.25) is 4.79 Å². The maximum atomic E-state index is 12.8. The highest BCUT2D eigenvalue weighted by atomic mass is 16.5. The molecule has 0 fully saturated rings. The van der Waals surface area contributed by atoms with Crippen LogP contribution in [0.2, 0.25) is 0 Å². The van der Waals surface area contributed by atoms with E-state index in [0.717, 1.165) is 40.9 Å². The summed E-state index contributed by atoms with van der Waals surface area (Å²) in [5.74, 6) is -0.576. The summed E-state index contributed by atoms with van der Waals surface area (Å²) in [6.07, 6.45) is 2.02. The van der Waals surface area contributed by atoms with Crippen LogP contribution in [0.3, 0.4) is 0 Å². The van der Waals surface area contributed by atoms with Crippen LogP contribution in [0, 0.1) is 6.92 Å². The largest absolute Gasteiger partial charge is 0.460 e. The molecule has 3 rings (SSSR count). The third kappa shape index (κ3) is 3.39. The Morgan fingerprint density at radius 2 is 1.84 bits per heavy atom. The van der Waals surface area contributed by atoms with Crippen molar-refractivity contribution in [3.8, 4) is 0 Å². The predicted molar refractivity (Wildman–Crippen MR) is 96.9 cm³/mol. The second-order valence-electron chi connectivity index (χ2n) is 7.13. The number of Topliss-reactive ketones (excluding diaryl/α,β-unsaturated/α-hetero) is 1. The molecule has 0 saturated carbocycles. The summed E-state index contributed by atoms with van der Waals surface area (Å²) in [7, 11) is 0. The monoisotopic (exact) mass is 339 g/mol. The van der Waals surface area contributed by atoms with E-state index in [0.29, 0.717) is 12.0 Å². The number of dihydropyridines is 1. The number of carbonyl (C=O) groups is 2. The lowest BCUT2D eigenvalue weighted by Crippen LogP contribution is -2.34. The Kier molecular flexibility index (Phi) is 4.80. The smallest absolute Gasteiger partial charge is 0.337 e. The summed E-state index contributed by atoms with van der Waals surface area (Å²) in [5, 5.41) is 3.30. The highest BCUT2D eigenvalue weighted by Crippen LogP contribution is 2.42. The summed E-state index contributed by atoms with van der Waals surface area (Å²) >= 11 is 0. The van der Waals surface area contributed by atoms with Crippen molar-refractivity contribution in [3.05, 3.63) is 57.9 Å². The lowest BCUT2D eigenvalue weighted by atomic mass is 9.75. The number of ketones is 1. The molecule has 4 nitrogen and oxygen atoms in total. The highest BCUT2D eigenvalue weighted by molar-refractivity contribution is 6.03. The third-order valence-corrected chi connectivity index (χ3v) is 4.75. The van der Waals surface area contributed by atoms with E-state index >= 15 is 0 Å². The Hall–Kier alpha value is -2.36. The molecule has 0 saturated heterocycles. The van der Waals surface area contributed by atoms with Gasteiger partial charge in [0, 0.05) is 29.3 Å². The van der Waals surface area contributed by atoms with Gasteiger partial charge in [0.05, 0.1) is 11.7 Å². The van der Waals surface area contributed by atoms with Crippen LogP contribution in [-0.2, 0) is 14.3 Å². The Balaban J connectivity index is 2.13. The zero-order valence-electron chi connectivity index (χ0n) is 15.3. The average molecular weight is 339 g/mol. The van der Waals surface area contributed by atoms with Gasteiger partial charge in [0.15, 0.2) is 5.78 Å². The van der Waals surface area contributed by atoms with Crippen LogP contribution in [0.1, 0.15) is 57.1 Å². The maximum Gasteiger partial charge on any atom is 0.337 e. The lowest BCUT2D eigenvalue weighted by molar-refractivity contribution is -0.143. The molecule has 1 N–H and O–H groups in total. The van der Waals surface area contributed by atoms with E-state index in [1.54, 1.807) is 0 Å². The Morgan fingerprint density at radius 1 is 1.16 bits per heavy atom. The number of nitrogens with one attached hydrogen (secondary N) is 1. The highest BCUT2D eigenvalue weighted by Gasteiger charge is 2.39. The molecule has 132 valence electrons. The number of hydrogen-bond donors (Lipinski definition) is 1. The van der Waals surface area contributed by atoms with Crippen LogP contribution in [0.5, 0.6) is 0 Å². The molecule has 0 bridgehead atoms. The molecule has 1 heterocycles. The summed E-state index contributed by atoms with van der Waals surface area (Å²) in [5.41, 5.74) is 5.13. The number of esters is 1. The SMILES string of the molecule is CC1=C(C(=O)OC(C)C)C(c2ccc(C)cc2)C2=C(CCCC2=O)N1. The molecule has 2 aliphatic rings. The molecule has 0 amide bonds. The minimum atomic E-state index is -0.351. The van der Waals surface area contributed by atoms with Gasteiger partial charge in [-0.1, -0.05) is 29.8 Å². The van der Waals surface area contributed by atoms with Gasteiger partial charge < -0.3 is 10.1 Å². The first-order chi connectivity index (χ1) is 11.9. The quantitative estimate of drug-likeness (QED) is 0.848. The summed E-state index contributed by atoms with van der Waals surface area (Å²) < 4.78 is 5.48. The van der Waals surface area contributed by atoms with E-state index in [4.69, 9.17) is 4.74 Å². The van der Waals surface area contributed by atoms with Crippen molar-refractivity contribution in [2.45, 2.75) is 59.0 Å². The molecule has 1 aromatic rings. The molecule has 1 aliphatic heterocycles. The molecular formula is C21H25NO3. The normalized spacial score (nSPS) is 20.5. The molecular weight excluding hydrogens is 314 g/mol. The molecule has 0 radical (unpaired) electrons. The number of benzene rings is 1. The fourth-order valence-electron chi connectivity index (χ4n) is 3.62. The van der Waals surface area contributed by atoms with E-state index in [9.17, 15) is 9.59 Å². The summed E-state index contributed by atoms with van der Waals surface area (Å²) in [6.45, 7) is 7.58. The first kappa shape index (κ1) is 17.5. The first-order valence-corrected chi connectivity index (χ1v) is 8.90. The average Bonchev–Trinajstić information content (AvgIpc) is 2.53. The number of aryl methyl sites for hydroxylation is 1. The van der Waals surface area contributed by atoms with E-state index in [1.807, 2.05) is 52.0 Å². The Morgan fingerprint density at radius 3 is 2.48 bits per heavy atom. The Labute approximate surface area is 149 Å². The molecule has 1 aromatic carbocycles. The van der Waals surface area contributed by atoms with Crippen molar-refractivity contribution in [2.24, 2.45) is 0 Å². The topological polar surface area (TPSA) is 55.4 Å². The standard InChI is InChI=1S/C21H25NO3/c1-12(2)25-21(24)18-14(4)22-16-6-5-7-17(23)20(16)19(18)15-10-8-13(3)9-11-15/h8-12,19,22H,5-7H2,1-4H3. The molecule has 0 spiro atoms. The van der Waals surface area contributed by atoms with Gasteiger partial charge >= 0.3 is 5.97 Å². The zero-order valence-corrected chi connectivity index (χ0v) is 15.3. The van der Waals surface area contributed by atoms with Gasteiger partial charge in [0.25, 0.3) is 0 Å². The molecule has 4 heteroatoms. The van der Waals surface area contributed by atoms with Crippen LogP contribution < -0.4 is 5.32 Å². The fraction of sp³-hybridized carbons (Fsp3) is 0.429. The third-order valence-electron chi connectivity index (χ3n) is 4.75. The van der Waals surface area contributed by atoms with Crippen LogP contribution >= 0.6 is 0 Å².